The first kappa shape index (κ1) is 17.2. The van der Waals surface area contributed by atoms with Crippen LogP contribution in [0.5, 0.6) is 0 Å². The van der Waals surface area contributed by atoms with Gasteiger partial charge in [0.1, 0.15) is 10.6 Å². The molecule has 1 heterocycles. The van der Waals surface area contributed by atoms with E-state index >= 15 is 0 Å². The molecule has 1 unspecified atom stereocenters. The summed E-state index contributed by atoms with van der Waals surface area (Å²) < 4.78 is 27.3. The minimum atomic E-state index is -3.80. The van der Waals surface area contributed by atoms with Crippen LogP contribution in [0.4, 0.5) is 0 Å². The number of hydrogen-bond acceptors (Lipinski definition) is 4. The van der Waals surface area contributed by atoms with Crippen LogP contribution in [0.1, 0.15) is 30.8 Å². The molecule has 0 aliphatic heterocycles. The fourth-order valence-electron chi connectivity index (χ4n) is 1.93. The second kappa shape index (κ2) is 6.74. The van der Waals surface area contributed by atoms with Gasteiger partial charge >= 0.3 is 5.97 Å². The summed E-state index contributed by atoms with van der Waals surface area (Å²) in [5, 5.41) is 17.9. The standard InChI is InChI=1S/C13H19N3O4S/c1-4-5-16-9-11(6-12(16)13(17)18)21(19,20)15(3)8-10(2)7-14/h6,9-10H,4-5,8H2,1-3H3,(H,17,18). The number of carbonyl (C=O) groups is 1. The predicted molar refractivity (Wildman–Crippen MR) is 76.3 cm³/mol. The van der Waals surface area contributed by atoms with Crippen LogP contribution in [0.3, 0.4) is 0 Å². The number of rotatable bonds is 7. The molecule has 0 saturated heterocycles. The zero-order valence-corrected chi connectivity index (χ0v) is 13.1. The first-order chi connectivity index (χ1) is 9.73. The third-order valence-electron chi connectivity index (χ3n) is 3.01. The molecule has 0 bridgehead atoms. The zero-order chi connectivity index (χ0) is 16.2. The number of carboxylic acids is 1. The Kier molecular flexibility index (Phi) is 5.52. The maximum atomic E-state index is 12.4. The van der Waals surface area contributed by atoms with Crippen molar-refractivity contribution in [3.05, 3.63) is 18.0 Å². The van der Waals surface area contributed by atoms with Crippen LogP contribution >= 0.6 is 0 Å². The SMILES string of the molecule is CCCn1cc(S(=O)(=O)N(C)CC(C)C#N)cc1C(=O)O. The lowest BCUT2D eigenvalue weighted by molar-refractivity contribution is 0.0685. The predicted octanol–water partition coefficient (Wildman–Crippen LogP) is 1.38. The van der Waals surface area contributed by atoms with Crippen molar-refractivity contribution in [1.82, 2.24) is 8.87 Å². The molecule has 0 saturated carbocycles. The number of aromatic nitrogens is 1. The molecule has 0 spiro atoms. The fraction of sp³-hybridized carbons (Fsp3) is 0.538. The van der Waals surface area contributed by atoms with Gasteiger partial charge in [-0.2, -0.15) is 9.57 Å². The molecule has 116 valence electrons. The van der Waals surface area contributed by atoms with Crippen molar-refractivity contribution in [1.29, 1.82) is 5.26 Å². The smallest absolute Gasteiger partial charge is 0.352 e. The normalized spacial score (nSPS) is 13.1. The first-order valence-electron chi connectivity index (χ1n) is 6.53. The highest BCUT2D eigenvalue weighted by Crippen LogP contribution is 2.19. The number of hydrogen-bond donors (Lipinski definition) is 1. The molecule has 1 N–H and O–H groups in total. The Hall–Kier alpha value is -1.85. The van der Waals surface area contributed by atoms with Gasteiger partial charge in [0.15, 0.2) is 0 Å². The minimum Gasteiger partial charge on any atom is -0.477 e. The van der Waals surface area contributed by atoms with Gasteiger partial charge in [0.25, 0.3) is 0 Å². The third-order valence-corrected chi connectivity index (χ3v) is 4.80. The van der Waals surface area contributed by atoms with Crippen LogP contribution in [0, 0.1) is 17.2 Å². The van der Waals surface area contributed by atoms with Gasteiger partial charge in [0.2, 0.25) is 10.0 Å². The van der Waals surface area contributed by atoms with E-state index in [1.54, 1.807) is 6.92 Å². The zero-order valence-electron chi connectivity index (χ0n) is 12.3. The van der Waals surface area contributed by atoms with Crippen molar-refractivity contribution in [2.24, 2.45) is 5.92 Å². The summed E-state index contributed by atoms with van der Waals surface area (Å²) in [6.07, 6.45) is 2.02. The van der Waals surface area contributed by atoms with Crippen molar-refractivity contribution >= 4 is 16.0 Å². The van der Waals surface area contributed by atoms with Gasteiger partial charge in [0, 0.05) is 26.3 Å². The second-order valence-corrected chi connectivity index (χ2v) is 6.92. The Balaban J connectivity index is 3.17. The van der Waals surface area contributed by atoms with Gasteiger partial charge in [-0.25, -0.2) is 13.2 Å². The molecule has 0 aliphatic carbocycles. The summed E-state index contributed by atoms with van der Waals surface area (Å²) in [5.74, 6) is -1.61. The number of sulfonamides is 1. The van der Waals surface area contributed by atoms with Crippen molar-refractivity contribution in [2.45, 2.75) is 31.7 Å². The maximum Gasteiger partial charge on any atom is 0.352 e. The van der Waals surface area contributed by atoms with Gasteiger partial charge in [-0.05, 0) is 19.4 Å². The van der Waals surface area contributed by atoms with Gasteiger partial charge in [-0.1, -0.05) is 6.92 Å². The number of nitrogens with zero attached hydrogens (tertiary/aromatic N) is 3. The minimum absolute atomic E-state index is 0.0557. The molecule has 1 aromatic heterocycles. The molecular weight excluding hydrogens is 294 g/mol. The Morgan fingerprint density at radius 2 is 2.19 bits per heavy atom. The van der Waals surface area contributed by atoms with E-state index < -0.39 is 21.9 Å². The molecule has 0 fully saturated rings. The monoisotopic (exact) mass is 313 g/mol. The highest BCUT2D eigenvalue weighted by molar-refractivity contribution is 7.89. The first-order valence-corrected chi connectivity index (χ1v) is 7.97. The van der Waals surface area contributed by atoms with Crippen molar-refractivity contribution in [3.8, 4) is 6.07 Å². The van der Waals surface area contributed by atoms with Crippen LogP contribution in [-0.2, 0) is 16.6 Å². The van der Waals surface area contributed by atoms with Gasteiger partial charge in [0.05, 0.1) is 12.0 Å². The lowest BCUT2D eigenvalue weighted by atomic mass is 10.2. The maximum absolute atomic E-state index is 12.4. The third kappa shape index (κ3) is 3.83. The van der Waals surface area contributed by atoms with Crippen molar-refractivity contribution < 1.29 is 18.3 Å². The van der Waals surface area contributed by atoms with E-state index in [1.807, 2.05) is 13.0 Å². The van der Waals surface area contributed by atoms with Gasteiger partial charge in [-0.15, -0.1) is 0 Å². The molecule has 1 atom stereocenters. The summed E-state index contributed by atoms with van der Waals surface area (Å²) in [7, 11) is -2.42. The summed E-state index contributed by atoms with van der Waals surface area (Å²) in [5.41, 5.74) is -0.0582. The highest BCUT2D eigenvalue weighted by Gasteiger charge is 2.26. The van der Waals surface area contributed by atoms with Crippen LogP contribution in [0.15, 0.2) is 17.2 Å². The van der Waals surface area contributed by atoms with E-state index in [2.05, 4.69) is 0 Å². The average molecular weight is 313 g/mol. The Morgan fingerprint density at radius 3 is 2.67 bits per heavy atom. The molecule has 0 aromatic carbocycles. The second-order valence-electron chi connectivity index (χ2n) is 4.88. The van der Waals surface area contributed by atoms with E-state index in [0.717, 1.165) is 10.4 Å². The van der Waals surface area contributed by atoms with E-state index in [1.165, 1.54) is 17.8 Å². The molecule has 8 heteroatoms. The molecule has 1 rings (SSSR count). The fourth-order valence-corrected chi connectivity index (χ4v) is 3.23. The topological polar surface area (TPSA) is 103 Å². The molecule has 1 aromatic rings. The van der Waals surface area contributed by atoms with E-state index in [4.69, 9.17) is 10.4 Å². The summed E-state index contributed by atoms with van der Waals surface area (Å²) in [6, 6.07) is 3.12. The number of aryl methyl sites for hydroxylation is 1. The van der Waals surface area contributed by atoms with Crippen molar-refractivity contribution in [2.75, 3.05) is 13.6 Å². The molecular formula is C13H19N3O4S. The largest absolute Gasteiger partial charge is 0.477 e. The molecule has 21 heavy (non-hydrogen) atoms. The molecule has 0 aliphatic rings. The van der Waals surface area contributed by atoms with E-state index in [9.17, 15) is 13.2 Å². The van der Waals surface area contributed by atoms with Gasteiger partial charge < -0.3 is 9.67 Å². The summed E-state index contributed by atoms with van der Waals surface area (Å²) in [6.45, 7) is 3.98. The lowest BCUT2D eigenvalue weighted by Gasteiger charge is -2.17. The average Bonchev–Trinajstić information content (AvgIpc) is 2.83. The Bertz CT molecular complexity index is 657. The summed E-state index contributed by atoms with van der Waals surface area (Å²) in [4.78, 5) is 11.1. The van der Waals surface area contributed by atoms with Crippen LogP contribution in [0.25, 0.3) is 0 Å². The number of nitriles is 1. The molecule has 7 nitrogen and oxygen atoms in total. The highest BCUT2D eigenvalue weighted by atomic mass is 32.2. The number of carboxylic acid groups (broad SMARTS) is 1. The Morgan fingerprint density at radius 1 is 1.57 bits per heavy atom. The quantitative estimate of drug-likeness (QED) is 0.819. The van der Waals surface area contributed by atoms with Crippen LogP contribution in [-0.4, -0.2) is 42.0 Å². The lowest BCUT2D eigenvalue weighted by Crippen LogP contribution is -2.30. The van der Waals surface area contributed by atoms with E-state index in [0.29, 0.717) is 13.0 Å². The van der Waals surface area contributed by atoms with Gasteiger partial charge in [-0.3, -0.25) is 0 Å². The molecule has 0 amide bonds. The van der Waals surface area contributed by atoms with Crippen molar-refractivity contribution in [3.63, 3.8) is 0 Å². The van der Waals surface area contributed by atoms with Crippen LogP contribution < -0.4 is 0 Å². The Labute approximate surface area is 124 Å². The van der Waals surface area contributed by atoms with E-state index in [-0.39, 0.29) is 17.1 Å². The van der Waals surface area contributed by atoms with Crippen LogP contribution in [0.2, 0.25) is 0 Å². The summed E-state index contributed by atoms with van der Waals surface area (Å²) >= 11 is 0. The number of aromatic carboxylic acids is 1. The molecule has 0 radical (unpaired) electrons.